The van der Waals surface area contributed by atoms with E-state index in [1.165, 1.54) is 0 Å². The second-order valence-electron chi connectivity index (χ2n) is 4.79. The minimum Gasteiger partial charge on any atom is -0.490 e. The van der Waals surface area contributed by atoms with E-state index in [0.29, 0.717) is 5.56 Å². The smallest absolute Gasteiger partial charge is 0.193 e. The van der Waals surface area contributed by atoms with Gasteiger partial charge in [-0.3, -0.25) is 4.79 Å². The molecule has 0 saturated carbocycles. The molecule has 1 atom stereocenters. The van der Waals surface area contributed by atoms with Gasteiger partial charge in [-0.25, -0.2) is 0 Å². The average Bonchev–Trinajstić information content (AvgIpc) is 2.76. The number of halogens is 1. The standard InChI is InChI=1S/C16H13BrO2/c1-10-7-13-8-12(5-6-15(13)19-10)16(18)11-3-2-4-14(17)9-11/h2-6,8-10H,7H2,1H3. The normalized spacial score (nSPS) is 16.8. The van der Waals surface area contributed by atoms with Crippen molar-refractivity contribution in [3.63, 3.8) is 0 Å². The highest BCUT2D eigenvalue weighted by molar-refractivity contribution is 9.10. The Bertz CT molecular complexity index is 649. The highest BCUT2D eigenvalue weighted by atomic mass is 79.9. The van der Waals surface area contributed by atoms with Crippen molar-refractivity contribution >= 4 is 21.7 Å². The summed E-state index contributed by atoms with van der Waals surface area (Å²) < 4.78 is 6.56. The summed E-state index contributed by atoms with van der Waals surface area (Å²) in [4.78, 5) is 12.4. The largest absolute Gasteiger partial charge is 0.490 e. The minimum absolute atomic E-state index is 0.0450. The first-order chi connectivity index (χ1) is 9.13. The summed E-state index contributed by atoms with van der Waals surface area (Å²) >= 11 is 3.39. The van der Waals surface area contributed by atoms with E-state index < -0.39 is 0 Å². The number of hydrogen-bond acceptors (Lipinski definition) is 2. The lowest BCUT2D eigenvalue weighted by Crippen LogP contribution is -2.05. The van der Waals surface area contributed by atoms with Gasteiger partial charge in [-0.2, -0.15) is 0 Å². The molecule has 0 aliphatic carbocycles. The number of fused-ring (bicyclic) bond motifs is 1. The Morgan fingerprint density at radius 3 is 2.79 bits per heavy atom. The van der Waals surface area contributed by atoms with Crippen LogP contribution in [-0.2, 0) is 6.42 Å². The van der Waals surface area contributed by atoms with Gasteiger partial charge in [0.25, 0.3) is 0 Å². The van der Waals surface area contributed by atoms with Gasteiger partial charge in [-0.15, -0.1) is 0 Å². The fourth-order valence-corrected chi connectivity index (χ4v) is 2.76. The number of ketones is 1. The Balaban J connectivity index is 1.95. The van der Waals surface area contributed by atoms with Crippen molar-refractivity contribution in [2.24, 2.45) is 0 Å². The minimum atomic E-state index is 0.0450. The predicted octanol–water partition coefficient (Wildman–Crippen LogP) is 4.00. The van der Waals surface area contributed by atoms with Crippen molar-refractivity contribution in [2.45, 2.75) is 19.4 Å². The van der Waals surface area contributed by atoms with Gasteiger partial charge in [0.05, 0.1) is 0 Å². The highest BCUT2D eigenvalue weighted by Crippen LogP contribution is 2.30. The van der Waals surface area contributed by atoms with Crippen molar-refractivity contribution in [3.05, 3.63) is 63.6 Å². The second-order valence-corrected chi connectivity index (χ2v) is 5.71. The molecule has 0 radical (unpaired) electrons. The summed E-state index contributed by atoms with van der Waals surface area (Å²) in [5.41, 5.74) is 2.53. The van der Waals surface area contributed by atoms with Crippen LogP contribution >= 0.6 is 15.9 Å². The van der Waals surface area contributed by atoms with Crippen LogP contribution in [0.3, 0.4) is 0 Å². The molecule has 1 aliphatic rings. The maximum Gasteiger partial charge on any atom is 0.193 e. The summed E-state index contributed by atoms with van der Waals surface area (Å²) in [6.07, 6.45) is 1.07. The number of carbonyl (C=O) groups is 1. The Morgan fingerprint density at radius 2 is 2.00 bits per heavy atom. The van der Waals surface area contributed by atoms with Crippen LogP contribution in [0.4, 0.5) is 0 Å². The van der Waals surface area contributed by atoms with Gasteiger partial charge in [0.15, 0.2) is 5.78 Å². The molecule has 19 heavy (non-hydrogen) atoms. The predicted molar refractivity (Wildman–Crippen MR) is 77.8 cm³/mol. The zero-order valence-electron chi connectivity index (χ0n) is 10.5. The van der Waals surface area contributed by atoms with E-state index in [4.69, 9.17) is 4.74 Å². The number of ether oxygens (including phenoxy) is 1. The fourth-order valence-electron chi connectivity index (χ4n) is 2.36. The lowest BCUT2D eigenvalue weighted by molar-refractivity contribution is 0.103. The third kappa shape index (κ3) is 2.43. The number of carbonyl (C=O) groups excluding carboxylic acids is 1. The van der Waals surface area contributed by atoms with Gasteiger partial charge in [-0.05, 0) is 42.8 Å². The van der Waals surface area contributed by atoms with Crippen LogP contribution in [0.25, 0.3) is 0 Å². The molecular weight excluding hydrogens is 304 g/mol. The van der Waals surface area contributed by atoms with Crippen molar-refractivity contribution in [1.82, 2.24) is 0 Å². The molecule has 2 aromatic carbocycles. The Kier molecular flexibility index (Phi) is 3.15. The van der Waals surface area contributed by atoms with E-state index in [2.05, 4.69) is 15.9 Å². The first kappa shape index (κ1) is 12.4. The van der Waals surface area contributed by atoms with Crippen LogP contribution < -0.4 is 4.74 Å². The lowest BCUT2D eigenvalue weighted by atomic mass is 10.00. The van der Waals surface area contributed by atoms with E-state index in [-0.39, 0.29) is 11.9 Å². The van der Waals surface area contributed by atoms with Crippen LogP contribution in [0.2, 0.25) is 0 Å². The molecule has 0 amide bonds. The summed E-state index contributed by atoms with van der Waals surface area (Å²) in [6.45, 7) is 2.04. The zero-order chi connectivity index (χ0) is 13.4. The summed E-state index contributed by atoms with van der Waals surface area (Å²) in [7, 11) is 0. The van der Waals surface area contributed by atoms with Gasteiger partial charge >= 0.3 is 0 Å². The molecule has 3 heteroatoms. The molecule has 3 rings (SSSR count). The SMILES string of the molecule is CC1Cc2cc(C(=O)c3cccc(Br)c3)ccc2O1. The summed E-state index contributed by atoms with van der Waals surface area (Å²) in [5, 5.41) is 0. The van der Waals surface area contributed by atoms with Crippen LogP contribution in [0, 0.1) is 0 Å². The molecule has 2 nitrogen and oxygen atoms in total. The fraction of sp³-hybridized carbons (Fsp3) is 0.188. The molecule has 2 aromatic rings. The Hall–Kier alpha value is -1.61. The molecule has 0 aromatic heterocycles. The van der Waals surface area contributed by atoms with E-state index in [0.717, 1.165) is 27.8 Å². The maximum atomic E-state index is 12.4. The molecule has 0 fully saturated rings. The van der Waals surface area contributed by atoms with Crippen LogP contribution in [-0.4, -0.2) is 11.9 Å². The molecule has 1 unspecified atom stereocenters. The summed E-state index contributed by atoms with van der Waals surface area (Å²) in [6, 6.07) is 13.1. The van der Waals surface area contributed by atoms with Crippen molar-refractivity contribution in [2.75, 3.05) is 0 Å². The van der Waals surface area contributed by atoms with Gasteiger partial charge < -0.3 is 4.74 Å². The van der Waals surface area contributed by atoms with Crippen LogP contribution in [0.5, 0.6) is 5.75 Å². The van der Waals surface area contributed by atoms with Crippen LogP contribution in [0.1, 0.15) is 28.4 Å². The van der Waals surface area contributed by atoms with Crippen molar-refractivity contribution < 1.29 is 9.53 Å². The number of benzene rings is 2. The second kappa shape index (κ2) is 4.82. The molecule has 1 heterocycles. The first-order valence-electron chi connectivity index (χ1n) is 6.23. The molecule has 1 aliphatic heterocycles. The van der Waals surface area contributed by atoms with Gasteiger partial charge in [0, 0.05) is 22.0 Å². The van der Waals surface area contributed by atoms with Crippen molar-refractivity contribution in [3.8, 4) is 5.75 Å². The van der Waals surface area contributed by atoms with Crippen molar-refractivity contribution in [1.29, 1.82) is 0 Å². The topological polar surface area (TPSA) is 26.3 Å². The average molecular weight is 317 g/mol. The molecule has 0 N–H and O–H groups in total. The monoisotopic (exact) mass is 316 g/mol. The Labute approximate surface area is 120 Å². The quantitative estimate of drug-likeness (QED) is 0.783. The van der Waals surface area contributed by atoms with Gasteiger partial charge in [-0.1, -0.05) is 28.1 Å². The molecule has 96 valence electrons. The van der Waals surface area contributed by atoms with E-state index in [1.54, 1.807) is 0 Å². The van der Waals surface area contributed by atoms with E-state index in [9.17, 15) is 4.79 Å². The van der Waals surface area contributed by atoms with E-state index in [1.807, 2.05) is 49.4 Å². The van der Waals surface area contributed by atoms with E-state index >= 15 is 0 Å². The molecule has 0 spiro atoms. The number of rotatable bonds is 2. The summed E-state index contributed by atoms with van der Waals surface area (Å²) in [5.74, 6) is 0.946. The third-order valence-corrected chi connectivity index (χ3v) is 3.74. The van der Waals surface area contributed by atoms with Gasteiger partial charge in [0.1, 0.15) is 11.9 Å². The molecular formula is C16H13BrO2. The van der Waals surface area contributed by atoms with Gasteiger partial charge in [0.2, 0.25) is 0 Å². The maximum absolute atomic E-state index is 12.4. The Morgan fingerprint density at radius 1 is 1.21 bits per heavy atom. The molecule has 0 bridgehead atoms. The lowest BCUT2D eigenvalue weighted by Gasteiger charge is -2.04. The molecule has 0 saturated heterocycles. The highest BCUT2D eigenvalue weighted by Gasteiger charge is 2.20. The number of hydrogen-bond donors (Lipinski definition) is 0. The van der Waals surface area contributed by atoms with Crippen LogP contribution in [0.15, 0.2) is 46.9 Å². The third-order valence-electron chi connectivity index (χ3n) is 3.25. The zero-order valence-corrected chi connectivity index (χ0v) is 12.1. The first-order valence-corrected chi connectivity index (χ1v) is 7.02.